The molecular formula is C19H21ClFNO. The topological polar surface area (TPSA) is 21.3 Å². The molecule has 1 aliphatic rings. The van der Waals surface area contributed by atoms with E-state index in [1.54, 1.807) is 12.1 Å². The molecule has 122 valence electrons. The van der Waals surface area contributed by atoms with Crippen LogP contribution in [-0.2, 0) is 5.41 Å². The van der Waals surface area contributed by atoms with Gasteiger partial charge in [0.05, 0.1) is 0 Å². The third kappa shape index (κ3) is 4.04. The van der Waals surface area contributed by atoms with Gasteiger partial charge >= 0.3 is 0 Å². The van der Waals surface area contributed by atoms with Gasteiger partial charge in [0.2, 0.25) is 6.36 Å². The highest BCUT2D eigenvalue weighted by Gasteiger charge is 2.37. The molecule has 1 fully saturated rings. The molecule has 1 unspecified atom stereocenters. The molecule has 1 heterocycles. The van der Waals surface area contributed by atoms with E-state index in [9.17, 15) is 4.39 Å². The maximum Gasteiger partial charge on any atom is 0.239 e. The molecule has 0 aliphatic carbocycles. The summed E-state index contributed by atoms with van der Waals surface area (Å²) in [7, 11) is 0. The first kappa shape index (κ1) is 16.3. The molecule has 0 aromatic heterocycles. The number of hydrogen-bond acceptors (Lipinski definition) is 2. The Bertz CT molecular complexity index is 611. The van der Waals surface area contributed by atoms with Crippen molar-refractivity contribution in [2.45, 2.75) is 31.0 Å². The Morgan fingerprint density at radius 2 is 1.70 bits per heavy atom. The minimum Gasteiger partial charge on any atom is -0.460 e. The Hall–Kier alpha value is -1.58. The third-order valence-corrected chi connectivity index (χ3v) is 4.83. The van der Waals surface area contributed by atoms with Gasteiger partial charge in [0.25, 0.3) is 0 Å². The summed E-state index contributed by atoms with van der Waals surface area (Å²) in [6.45, 7) is 1.78. The van der Waals surface area contributed by atoms with Gasteiger partial charge in [0.15, 0.2) is 0 Å². The number of nitrogens with one attached hydrogen (secondary N) is 1. The summed E-state index contributed by atoms with van der Waals surface area (Å²) in [6.07, 6.45) is 0.817. The SMILES string of the molecule is FC(CC1(c2ccc(Cl)cc2)CCNCC1)Oc1ccccc1. The van der Waals surface area contributed by atoms with Crippen LogP contribution >= 0.6 is 11.6 Å². The van der Waals surface area contributed by atoms with Crippen LogP contribution in [0.4, 0.5) is 4.39 Å². The molecule has 1 aliphatic heterocycles. The van der Waals surface area contributed by atoms with Crippen LogP contribution in [0.15, 0.2) is 54.6 Å². The second kappa shape index (κ2) is 7.33. The van der Waals surface area contributed by atoms with Crippen molar-refractivity contribution in [2.24, 2.45) is 0 Å². The number of hydrogen-bond donors (Lipinski definition) is 1. The lowest BCUT2D eigenvalue weighted by Crippen LogP contribution is -2.42. The van der Waals surface area contributed by atoms with Crippen molar-refractivity contribution in [3.8, 4) is 5.75 Å². The summed E-state index contributed by atoms with van der Waals surface area (Å²) in [5.74, 6) is 0.570. The van der Waals surface area contributed by atoms with Crippen LogP contribution in [0, 0.1) is 0 Å². The number of piperidine rings is 1. The predicted molar refractivity (Wildman–Crippen MR) is 91.8 cm³/mol. The summed E-state index contributed by atoms with van der Waals surface area (Å²) >= 11 is 6.00. The Labute approximate surface area is 141 Å². The predicted octanol–water partition coefficient (Wildman–Crippen LogP) is 4.73. The monoisotopic (exact) mass is 333 g/mol. The second-order valence-electron chi connectivity index (χ2n) is 6.08. The van der Waals surface area contributed by atoms with Crippen LogP contribution in [0.3, 0.4) is 0 Å². The Kier molecular flexibility index (Phi) is 5.19. The number of halogens is 2. The highest BCUT2D eigenvalue weighted by Crippen LogP contribution is 2.39. The zero-order chi connectivity index (χ0) is 16.1. The van der Waals surface area contributed by atoms with Gasteiger partial charge in [0, 0.05) is 16.9 Å². The summed E-state index contributed by atoms with van der Waals surface area (Å²) in [6, 6.07) is 16.9. The molecule has 0 amide bonds. The first-order chi connectivity index (χ1) is 11.2. The maximum absolute atomic E-state index is 14.6. The molecule has 0 bridgehead atoms. The maximum atomic E-state index is 14.6. The van der Waals surface area contributed by atoms with Crippen LogP contribution in [0.25, 0.3) is 0 Å². The Balaban J connectivity index is 1.77. The molecule has 3 rings (SSSR count). The van der Waals surface area contributed by atoms with Gasteiger partial charge in [-0.15, -0.1) is 0 Å². The molecule has 4 heteroatoms. The van der Waals surface area contributed by atoms with Crippen molar-refractivity contribution in [3.63, 3.8) is 0 Å². The van der Waals surface area contributed by atoms with Gasteiger partial charge in [-0.2, -0.15) is 0 Å². The normalized spacial score (nSPS) is 18.3. The van der Waals surface area contributed by atoms with E-state index in [1.165, 1.54) is 0 Å². The van der Waals surface area contributed by atoms with Gasteiger partial charge in [-0.05, 0) is 55.8 Å². The lowest BCUT2D eigenvalue weighted by atomic mass is 9.71. The van der Waals surface area contributed by atoms with E-state index in [1.807, 2.05) is 42.5 Å². The standard InChI is InChI=1S/C19H21ClFNO/c20-16-8-6-15(7-9-16)19(10-12-22-13-11-19)14-18(21)23-17-4-2-1-3-5-17/h1-9,18,22H,10-14H2. The number of ether oxygens (including phenoxy) is 1. The van der Waals surface area contributed by atoms with E-state index >= 15 is 0 Å². The summed E-state index contributed by atoms with van der Waals surface area (Å²) in [5, 5.41) is 4.06. The minimum absolute atomic E-state index is 0.204. The van der Waals surface area contributed by atoms with Gasteiger partial charge in [-0.1, -0.05) is 41.9 Å². The zero-order valence-electron chi connectivity index (χ0n) is 13.0. The highest BCUT2D eigenvalue weighted by molar-refractivity contribution is 6.30. The summed E-state index contributed by atoms with van der Waals surface area (Å²) in [5.41, 5.74) is 0.937. The molecule has 0 saturated carbocycles. The number of rotatable bonds is 5. The van der Waals surface area contributed by atoms with Gasteiger partial charge in [-0.25, -0.2) is 4.39 Å². The van der Waals surface area contributed by atoms with Crippen molar-refractivity contribution < 1.29 is 9.13 Å². The van der Waals surface area contributed by atoms with Gasteiger partial charge in [0.1, 0.15) is 5.75 Å². The molecule has 2 aromatic rings. The molecule has 23 heavy (non-hydrogen) atoms. The van der Waals surface area contributed by atoms with E-state index in [0.717, 1.165) is 31.5 Å². The number of para-hydroxylation sites is 1. The smallest absolute Gasteiger partial charge is 0.239 e. The zero-order valence-corrected chi connectivity index (χ0v) is 13.7. The van der Waals surface area contributed by atoms with Crippen LogP contribution in [0.5, 0.6) is 5.75 Å². The van der Waals surface area contributed by atoms with Crippen molar-refractivity contribution in [3.05, 3.63) is 65.2 Å². The molecule has 1 saturated heterocycles. The fraction of sp³-hybridized carbons (Fsp3) is 0.368. The number of benzene rings is 2. The van der Waals surface area contributed by atoms with E-state index in [0.29, 0.717) is 17.2 Å². The fourth-order valence-corrected chi connectivity index (χ4v) is 3.44. The molecule has 2 nitrogen and oxygen atoms in total. The van der Waals surface area contributed by atoms with Crippen molar-refractivity contribution >= 4 is 11.6 Å². The molecule has 1 N–H and O–H groups in total. The Morgan fingerprint density at radius 1 is 1.04 bits per heavy atom. The quantitative estimate of drug-likeness (QED) is 0.854. The molecule has 1 atom stereocenters. The summed E-state index contributed by atoms with van der Waals surface area (Å²) < 4.78 is 20.1. The van der Waals surface area contributed by atoms with E-state index in [2.05, 4.69) is 5.32 Å². The van der Waals surface area contributed by atoms with Crippen molar-refractivity contribution in [1.82, 2.24) is 5.32 Å². The summed E-state index contributed by atoms with van der Waals surface area (Å²) in [4.78, 5) is 0. The van der Waals surface area contributed by atoms with Crippen LogP contribution < -0.4 is 10.1 Å². The minimum atomic E-state index is -1.33. The van der Waals surface area contributed by atoms with Crippen molar-refractivity contribution in [2.75, 3.05) is 13.1 Å². The first-order valence-electron chi connectivity index (χ1n) is 8.01. The van der Waals surface area contributed by atoms with E-state index < -0.39 is 6.36 Å². The van der Waals surface area contributed by atoms with Crippen LogP contribution in [0.1, 0.15) is 24.8 Å². The highest BCUT2D eigenvalue weighted by atomic mass is 35.5. The van der Waals surface area contributed by atoms with Gasteiger partial charge < -0.3 is 10.1 Å². The largest absolute Gasteiger partial charge is 0.460 e. The van der Waals surface area contributed by atoms with Crippen LogP contribution in [0.2, 0.25) is 5.02 Å². The first-order valence-corrected chi connectivity index (χ1v) is 8.38. The Morgan fingerprint density at radius 3 is 2.35 bits per heavy atom. The number of alkyl halides is 1. The lowest BCUT2D eigenvalue weighted by molar-refractivity contribution is 0.0290. The van der Waals surface area contributed by atoms with E-state index in [-0.39, 0.29) is 5.41 Å². The van der Waals surface area contributed by atoms with Gasteiger partial charge in [-0.3, -0.25) is 0 Å². The average Bonchev–Trinajstić information content (AvgIpc) is 2.57. The van der Waals surface area contributed by atoms with Crippen LogP contribution in [-0.4, -0.2) is 19.4 Å². The average molecular weight is 334 g/mol. The molecule has 0 spiro atoms. The molecular weight excluding hydrogens is 313 g/mol. The third-order valence-electron chi connectivity index (χ3n) is 4.58. The fourth-order valence-electron chi connectivity index (χ4n) is 3.32. The molecule has 0 radical (unpaired) electrons. The molecule has 2 aromatic carbocycles. The lowest BCUT2D eigenvalue weighted by Gasteiger charge is -2.39. The van der Waals surface area contributed by atoms with E-state index in [4.69, 9.17) is 16.3 Å². The second-order valence-corrected chi connectivity index (χ2v) is 6.52. The van der Waals surface area contributed by atoms with Crippen molar-refractivity contribution in [1.29, 1.82) is 0 Å².